The summed E-state index contributed by atoms with van der Waals surface area (Å²) in [5.74, 6) is -0.575. The van der Waals surface area contributed by atoms with Crippen molar-refractivity contribution in [3.05, 3.63) is 34.7 Å². The Morgan fingerprint density at radius 3 is 2.59 bits per heavy atom. The fourth-order valence-corrected chi connectivity index (χ4v) is 3.77. The van der Waals surface area contributed by atoms with Crippen LogP contribution in [0.1, 0.15) is 47.2 Å². The van der Waals surface area contributed by atoms with Crippen molar-refractivity contribution in [2.75, 3.05) is 11.4 Å². The van der Waals surface area contributed by atoms with Crippen LogP contribution in [0.15, 0.2) is 6.33 Å². The van der Waals surface area contributed by atoms with Gasteiger partial charge >= 0.3 is 6.18 Å². The summed E-state index contributed by atoms with van der Waals surface area (Å²) < 4.78 is 42.8. The minimum Gasteiger partial charge on any atom is -0.349 e. The van der Waals surface area contributed by atoms with E-state index in [0.717, 1.165) is 22.2 Å². The third kappa shape index (κ3) is 2.49. The van der Waals surface area contributed by atoms with Gasteiger partial charge in [-0.3, -0.25) is 0 Å². The molecule has 10 heteroatoms. The van der Waals surface area contributed by atoms with Crippen LogP contribution in [0, 0.1) is 13.8 Å². The van der Waals surface area contributed by atoms with E-state index in [1.165, 1.54) is 18.5 Å². The molecule has 1 aliphatic heterocycles. The van der Waals surface area contributed by atoms with E-state index in [1.807, 2.05) is 18.2 Å². The van der Waals surface area contributed by atoms with Crippen molar-refractivity contribution in [1.82, 2.24) is 29.4 Å². The topological polar surface area (TPSA) is 64.1 Å². The summed E-state index contributed by atoms with van der Waals surface area (Å²) in [5, 5.41) is 11.3. The molecule has 1 saturated carbocycles. The maximum atomic E-state index is 13.2. The van der Waals surface area contributed by atoms with E-state index in [0.29, 0.717) is 30.5 Å². The first-order valence-electron chi connectivity index (χ1n) is 8.94. The van der Waals surface area contributed by atoms with Gasteiger partial charge in [0.2, 0.25) is 0 Å². The van der Waals surface area contributed by atoms with Crippen LogP contribution in [0.25, 0.3) is 5.65 Å². The van der Waals surface area contributed by atoms with Crippen molar-refractivity contribution < 1.29 is 13.2 Å². The van der Waals surface area contributed by atoms with Crippen molar-refractivity contribution in [3.63, 3.8) is 0 Å². The zero-order valence-corrected chi connectivity index (χ0v) is 15.0. The molecule has 5 rings (SSSR count). The molecule has 7 nitrogen and oxygen atoms in total. The van der Waals surface area contributed by atoms with Crippen molar-refractivity contribution in [1.29, 1.82) is 0 Å². The van der Waals surface area contributed by atoms with Crippen LogP contribution in [0.3, 0.4) is 0 Å². The Hall–Kier alpha value is -2.65. The van der Waals surface area contributed by atoms with E-state index in [2.05, 4.69) is 24.8 Å². The zero-order valence-electron chi connectivity index (χ0n) is 15.0. The molecule has 27 heavy (non-hydrogen) atoms. The van der Waals surface area contributed by atoms with Crippen LogP contribution in [0.5, 0.6) is 0 Å². The Bertz CT molecular complexity index is 1050. The van der Waals surface area contributed by atoms with E-state index >= 15 is 0 Å². The number of aromatic nitrogens is 6. The molecule has 4 heterocycles. The van der Waals surface area contributed by atoms with Crippen LogP contribution in [0.4, 0.5) is 19.0 Å². The maximum Gasteiger partial charge on any atom is 0.453 e. The number of imidazole rings is 1. The number of rotatable bonds is 2. The summed E-state index contributed by atoms with van der Waals surface area (Å²) in [6.07, 6.45) is 0.470. The Morgan fingerprint density at radius 2 is 1.89 bits per heavy atom. The second-order valence-corrected chi connectivity index (χ2v) is 7.28. The maximum absolute atomic E-state index is 13.2. The molecule has 0 amide bonds. The first-order valence-corrected chi connectivity index (χ1v) is 8.94. The zero-order chi connectivity index (χ0) is 18.9. The number of hydrogen-bond donors (Lipinski definition) is 0. The largest absolute Gasteiger partial charge is 0.453 e. The van der Waals surface area contributed by atoms with E-state index in [1.54, 1.807) is 6.92 Å². The highest BCUT2D eigenvalue weighted by molar-refractivity contribution is 5.59. The lowest BCUT2D eigenvalue weighted by Gasteiger charge is -2.29. The Kier molecular flexibility index (Phi) is 3.32. The molecule has 0 bridgehead atoms. The summed E-state index contributed by atoms with van der Waals surface area (Å²) in [7, 11) is 0. The molecule has 0 N–H and O–H groups in total. The second kappa shape index (κ2) is 5.43. The molecule has 3 aromatic rings. The molecule has 142 valence electrons. The number of fused-ring (bicyclic) bond motifs is 2. The summed E-state index contributed by atoms with van der Waals surface area (Å²) >= 11 is 0. The fourth-order valence-electron chi connectivity index (χ4n) is 3.77. The quantitative estimate of drug-likeness (QED) is 0.687. The highest BCUT2D eigenvalue weighted by Crippen LogP contribution is 2.38. The summed E-state index contributed by atoms with van der Waals surface area (Å²) in [6, 6.07) is 0.567. The molecular weight excluding hydrogens is 359 g/mol. The van der Waals surface area contributed by atoms with Gasteiger partial charge in [0.15, 0.2) is 11.5 Å². The molecule has 1 fully saturated rings. The van der Waals surface area contributed by atoms with Crippen molar-refractivity contribution in [3.8, 4) is 0 Å². The van der Waals surface area contributed by atoms with Crippen LogP contribution in [-0.2, 0) is 19.1 Å². The fraction of sp³-hybridized carbons (Fsp3) is 0.529. The van der Waals surface area contributed by atoms with Gasteiger partial charge in [0, 0.05) is 35.8 Å². The third-order valence-electron chi connectivity index (χ3n) is 5.50. The van der Waals surface area contributed by atoms with E-state index in [9.17, 15) is 13.2 Å². The number of alkyl halides is 3. The van der Waals surface area contributed by atoms with Gasteiger partial charge in [0.25, 0.3) is 5.82 Å². The molecule has 2 aliphatic rings. The van der Waals surface area contributed by atoms with Crippen LogP contribution >= 0.6 is 0 Å². The molecule has 3 aromatic heterocycles. The molecule has 1 aliphatic carbocycles. The lowest BCUT2D eigenvalue weighted by Crippen LogP contribution is -2.33. The van der Waals surface area contributed by atoms with Gasteiger partial charge in [-0.1, -0.05) is 0 Å². The summed E-state index contributed by atoms with van der Waals surface area (Å²) in [6.45, 7) is 4.84. The predicted octanol–water partition coefficient (Wildman–Crippen LogP) is 2.85. The SMILES string of the molecule is Cc1c(N2CCc3c(ncn3C3CC3)C2)nn2c(C(F)(F)F)nnc2c1C. The minimum absolute atomic E-state index is 0.138. The number of hydrogen-bond acceptors (Lipinski definition) is 5. The van der Waals surface area contributed by atoms with Gasteiger partial charge < -0.3 is 9.47 Å². The molecule has 0 atom stereocenters. The van der Waals surface area contributed by atoms with Gasteiger partial charge in [-0.2, -0.15) is 17.7 Å². The van der Waals surface area contributed by atoms with Crippen molar-refractivity contribution in [2.45, 2.75) is 51.9 Å². The lowest BCUT2D eigenvalue weighted by molar-refractivity contribution is -0.146. The van der Waals surface area contributed by atoms with Gasteiger partial charge in [0.05, 0.1) is 18.6 Å². The molecule has 0 radical (unpaired) electrons. The molecule has 0 spiro atoms. The lowest BCUT2D eigenvalue weighted by atomic mass is 10.1. The number of nitrogens with zero attached hydrogens (tertiary/aromatic N) is 7. The number of halogens is 3. The smallest absolute Gasteiger partial charge is 0.349 e. The van der Waals surface area contributed by atoms with E-state index in [-0.39, 0.29) is 5.65 Å². The van der Waals surface area contributed by atoms with Gasteiger partial charge in [-0.25, -0.2) is 4.98 Å². The summed E-state index contributed by atoms with van der Waals surface area (Å²) in [4.78, 5) is 6.53. The molecular formula is C17H18F3N7. The van der Waals surface area contributed by atoms with Gasteiger partial charge in [0.1, 0.15) is 0 Å². The Morgan fingerprint density at radius 1 is 1.11 bits per heavy atom. The third-order valence-corrected chi connectivity index (χ3v) is 5.50. The van der Waals surface area contributed by atoms with Crippen LogP contribution in [0.2, 0.25) is 0 Å². The highest BCUT2D eigenvalue weighted by Gasteiger charge is 2.38. The first kappa shape index (κ1) is 16.5. The number of anilines is 1. The van der Waals surface area contributed by atoms with Crippen molar-refractivity contribution in [2.24, 2.45) is 0 Å². The van der Waals surface area contributed by atoms with Gasteiger partial charge in [-0.15, -0.1) is 15.3 Å². The number of aryl methyl sites for hydroxylation is 1. The highest BCUT2D eigenvalue weighted by atomic mass is 19.4. The standard InChI is InChI=1S/C17H18F3N7/c1-9-10(2)15(24-27-14(9)22-23-16(27)17(18,19)20)25-6-5-13-12(7-25)21-8-26(13)11-3-4-11/h8,11H,3-7H2,1-2H3. The molecule has 0 aromatic carbocycles. The second-order valence-electron chi connectivity index (χ2n) is 7.28. The monoisotopic (exact) mass is 377 g/mol. The summed E-state index contributed by atoms with van der Waals surface area (Å²) in [5.41, 5.74) is 3.82. The van der Waals surface area contributed by atoms with Gasteiger partial charge in [-0.05, 0) is 26.7 Å². The normalized spacial score (nSPS) is 17.6. The molecule has 0 saturated heterocycles. The van der Waals surface area contributed by atoms with Crippen LogP contribution in [-0.4, -0.2) is 35.9 Å². The average molecular weight is 377 g/mol. The molecule has 0 unspecified atom stereocenters. The van der Waals surface area contributed by atoms with Crippen LogP contribution < -0.4 is 4.90 Å². The Balaban J connectivity index is 1.57. The van der Waals surface area contributed by atoms with E-state index < -0.39 is 12.0 Å². The predicted molar refractivity (Wildman–Crippen MR) is 90.5 cm³/mol. The first-order chi connectivity index (χ1) is 12.8. The van der Waals surface area contributed by atoms with E-state index in [4.69, 9.17) is 0 Å². The average Bonchev–Trinajstić information content (AvgIpc) is 3.22. The Labute approximate surface area is 152 Å². The minimum atomic E-state index is -4.61. The van der Waals surface area contributed by atoms with Crippen molar-refractivity contribution >= 4 is 11.5 Å².